The molecule has 4 nitrogen and oxygen atoms in total. The van der Waals surface area contributed by atoms with E-state index in [1.54, 1.807) is 0 Å². The van der Waals surface area contributed by atoms with Crippen LogP contribution in [0.25, 0.3) is 0 Å². The van der Waals surface area contributed by atoms with Gasteiger partial charge in [-0.15, -0.1) is 0 Å². The van der Waals surface area contributed by atoms with Crippen LogP contribution in [0, 0.1) is 0 Å². The predicted molar refractivity (Wildman–Crippen MR) is 41.0 cm³/mol. The normalized spacial score (nSPS) is 9.40. The molecule has 4 N–H and O–H groups in total. The molecular formula is C5H12N2O2S. The van der Waals surface area contributed by atoms with E-state index in [2.05, 4.69) is 0 Å². The summed E-state index contributed by atoms with van der Waals surface area (Å²) in [5.74, 6) is 0. The largest absolute Gasteiger partial charge is 0.330 e. The monoisotopic (exact) mass is 164 g/mol. The summed E-state index contributed by atoms with van der Waals surface area (Å²) in [6, 6.07) is 0. The second-order valence-electron chi connectivity index (χ2n) is 1.95. The lowest BCUT2D eigenvalue weighted by molar-refractivity contribution is 0.626. The van der Waals surface area contributed by atoms with Gasteiger partial charge in [-0.3, -0.25) is 5.73 Å². The predicted octanol–water partition coefficient (Wildman–Crippen LogP) is -0.917. The lowest BCUT2D eigenvalue weighted by Gasteiger charge is -1.93. The maximum absolute atomic E-state index is 10.1. The highest BCUT2D eigenvalue weighted by molar-refractivity contribution is 7.72. The minimum absolute atomic E-state index is 0.0217. The topological polar surface area (TPSA) is 86.2 Å². The molecule has 0 spiro atoms. The van der Waals surface area contributed by atoms with Crippen LogP contribution in [-0.2, 0) is 10.3 Å². The van der Waals surface area contributed by atoms with E-state index in [1.165, 1.54) is 0 Å². The van der Waals surface area contributed by atoms with Crippen LogP contribution in [0.5, 0.6) is 0 Å². The molecule has 0 bridgehead atoms. The van der Waals surface area contributed by atoms with Crippen molar-refractivity contribution in [2.24, 2.45) is 11.5 Å². The molecule has 0 aromatic heterocycles. The summed E-state index contributed by atoms with van der Waals surface area (Å²) in [6.07, 6.45) is 1.99. The van der Waals surface area contributed by atoms with Crippen molar-refractivity contribution in [2.45, 2.75) is 19.3 Å². The molecule has 0 amide bonds. The Morgan fingerprint density at radius 1 is 1.30 bits per heavy atom. The Morgan fingerprint density at radius 2 is 1.90 bits per heavy atom. The minimum atomic E-state index is -2.21. The lowest BCUT2D eigenvalue weighted by Crippen LogP contribution is -2.12. The van der Waals surface area contributed by atoms with Crippen LogP contribution in [0.2, 0.25) is 0 Å². The van der Waals surface area contributed by atoms with E-state index in [-0.39, 0.29) is 4.99 Å². The fourth-order valence-corrected chi connectivity index (χ4v) is 0.838. The van der Waals surface area contributed by atoms with Crippen molar-refractivity contribution >= 4 is 15.3 Å². The van der Waals surface area contributed by atoms with Crippen molar-refractivity contribution in [1.29, 1.82) is 0 Å². The molecule has 5 heteroatoms. The number of rotatable bonds is 4. The number of nitrogens with two attached hydrogens (primary N) is 2. The van der Waals surface area contributed by atoms with Gasteiger partial charge in [0.25, 0.3) is 0 Å². The molecule has 0 heterocycles. The van der Waals surface area contributed by atoms with Gasteiger partial charge in [0.15, 0.2) is 0 Å². The van der Waals surface area contributed by atoms with E-state index >= 15 is 0 Å². The molecule has 0 aromatic carbocycles. The molecule has 0 aliphatic carbocycles. The molecule has 0 unspecified atom stereocenters. The van der Waals surface area contributed by atoms with Crippen molar-refractivity contribution in [2.75, 3.05) is 6.54 Å². The zero-order valence-electron chi connectivity index (χ0n) is 5.71. The molecule has 0 atom stereocenters. The van der Waals surface area contributed by atoms with E-state index in [1.807, 2.05) is 0 Å². The van der Waals surface area contributed by atoms with Gasteiger partial charge in [-0.25, -0.2) is 0 Å². The second kappa shape index (κ2) is 5.40. The standard InChI is InChI=1S/C5H12N2O2S/c6-4-2-1-3-5(7)10(8)9/h1-4,6-7H2. The zero-order valence-corrected chi connectivity index (χ0v) is 6.52. The number of unbranched alkanes of at least 4 members (excludes halogenated alkanes) is 1. The summed E-state index contributed by atoms with van der Waals surface area (Å²) >= 11 is 0. The van der Waals surface area contributed by atoms with Crippen molar-refractivity contribution in [3.8, 4) is 0 Å². The van der Waals surface area contributed by atoms with Crippen LogP contribution in [-0.4, -0.2) is 20.0 Å². The Labute approximate surface area is 61.7 Å². The molecular weight excluding hydrogens is 152 g/mol. The zero-order chi connectivity index (χ0) is 7.98. The van der Waals surface area contributed by atoms with E-state index in [4.69, 9.17) is 11.5 Å². The first-order valence-corrected chi connectivity index (χ1v) is 4.16. The van der Waals surface area contributed by atoms with E-state index in [9.17, 15) is 8.42 Å². The third kappa shape index (κ3) is 4.49. The molecule has 60 valence electrons. The van der Waals surface area contributed by atoms with Gasteiger partial charge in [0.1, 0.15) is 4.99 Å². The van der Waals surface area contributed by atoms with Gasteiger partial charge < -0.3 is 5.73 Å². The molecule has 0 aliphatic rings. The Bertz CT molecular complexity index is 200. The van der Waals surface area contributed by atoms with Crippen molar-refractivity contribution in [3.63, 3.8) is 0 Å². The summed E-state index contributed by atoms with van der Waals surface area (Å²) < 4.78 is 20.2. The lowest BCUT2D eigenvalue weighted by atomic mass is 10.2. The van der Waals surface area contributed by atoms with Crippen molar-refractivity contribution in [1.82, 2.24) is 0 Å². The highest BCUT2D eigenvalue weighted by Crippen LogP contribution is 1.91. The third-order valence-electron chi connectivity index (χ3n) is 1.09. The van der Waals surface area contributed by atoms with Gasteiger partial charge in [0, 0.05) is 0 Å². The van der Waals surface area contributed by atoms with Crippen LogP contribution in [0.15, 0.2) is 0 Å². The smallest absolute Gasteiger partial charge is 0.227 e. The van der Waals surface area contributed by atoms with Gasteiger partial charge >= 0.3 is 0 Å². The van der Waals surface area contributed by atoms with Crippen LogP contribution >= 0.6 is 0 Å². The van der Waals surface area contributed by atoms with Crippen LogP contribution in [0.4, 0.5) is 0 Å². The Balaban J connectivity index is 3.61. The van der Waals surface area contributed by atoms with Crippen LogP contribution in [0.3, 0.4) is 0 Å². The highest BCUT2D eigenvalue weighted by atomic mass is 32.2. The number of hydrogen-bond donors (Lipinski definition) is 2. The van der Waals surface area contributed by atoms with Gasteiger partial charge in [-0.05, 0) is 25.8 Å². The van der Waals surface area contributed by atoms with E-state index < -0.39 is 10.3 Å². The SMILES string of the molecule is NCCCCC(N)=S(=O)=O. The summed E-state index contributed by atoms with van der Waals surface area (Å²) in [5.41, 5.74) is 10.3. The molecule has 0 fully saturated rings. The summed E-state index contributed by atoms with van der Waals surface area (Å²) in [5, 5.41) is 0. The maximum Gasteiger partial charge on any atom is 0.227 e. The molecule has 0 radical (unpaired) electrons. The molecule has 10 heavy (non-hydrogen) atoms. The average Bonchev–Trinajstić information content (AvgIpc) is 1.88. The molecule has 0 rings (SSSR count). The first-order chi connectivity index (χ1) is 4.68. The van der Waals surface area contributed by atoms with Crippen molar-refractivity contribution in [3.05, 3.63) is 0 Å². The molecule has 0 aliphatic heterocycles. The summed E-state index contributed by atoms with van der Waals surface area (Å²) in [6.45, 7) is 0.582. The first-order valence-electron chi connectivity index (χ1n) is 3.09. The quantitative estimate of drug-likeness (QED) is 0.416. The second-order valence-corrected chi connectivity index (χ2v) is 2.94. The van der Waals surface area contributed by atoms with Gasteiger partial charge in [-0.2, -0.15) is 8.42 Å². The Morgan fingerprint density at radius 3 is 2.30 bits per heavy atom. The van der Waals surface area contributed by atoms with E-state index in [0.29, 0.717) is 13.0 Å². The first kappa shape index (κ1) is 9.61. The average molecular weight is 164 g/mol. The fraction of sp³-hybridized carbons (Fsp3) is 0.800. The Kier molecular flexibility index (Phi) is 5.19. The van der Waals surface area contributed by atoms with Crippen LogP contribution in [0.1, 0.15) is 19.3 Å². The van der Waals surface area contributed by atoms with Gasteiger partial charge in [0.2, 0.25) is 10.3 Å². The minimum Gasteiger partial charge on any atom is -0.330 e. The summed E-state index contributed by atoms with van der Waals surface area (Å²) in [4.78, 5) is 0.0217. The van der Waals surface area contributed by atoms with Gasteiger partial charge in [0.05, 0.1) is 0 Å². The van der Waals surface area contributed by atoms with E-state index in [0.717, 1.165) is 12.8 Å². The highest BCUT2D eigenvalue weighted by Gasteiger charge is 1.92. The third-order valence-corrected chi connectivity index (χ3v) is 1.72. The molecule has 0 saturated heterocycles. The molecule has 0 saturated carbocycles. The molecule has 0 aromatic rings. The summed E-state index contributed by atoms with van der Waals surface area (Å²) in [7, 11) is -2.21. The Hall–Kier alpha value is -0.390. The number of hydrogen-bond acceptors (Lipinski definition) is 3. The van der Waals surface area contributed by atoms with Crippen molar-refractivity contribution < 1.29 is 8.42 Å². The maximum atomic E-state index is 10.1. The van der Waals surface area contributed by atoms with Crippen LogP contribution < -0.4 is 11.5 Å². The van der Waals surface area contributed by atoms with Gasteiger partial charge in [-0.1, -0.05) is 0 Å². The fourth-order valence-electron chi connectivity index (χ4n) is 0.527.